The van der Waals surface area contributed by atoms with Gasteiger partial charge in [-0.15, -0.1) is 0 Å². The summed E-state index contributed by atoms with van der Waals surface area (Å²) in [6, 6.07) is 0. The van der Waals surface area contributed by atoms with Crippen LogP contribution in [-0.4, -0.2) is 23.5 Å². The van der Waals surface area contributed by atoms with Crippen molar-refractivity contribution >= 4 is 11.7 Å². The van der Waals surface area contributed by atoms with E-state index in [0.717, 1.165) is 0 Å². The molecule has 0 aromatic heterocycles. The molecule has 0 aliphatic carbocycles. The molecule has 0 radical (unpaired) electrons. The highest BCUT2D eigenvalue weighted by molar-refractivity contribution is 5.97. The van der Waals surface area contributed by atoms with Crippen LogP contribution in [0.25, 0.3) is 0 Å². The molecule has 0 rings (SSSR count). The van der Waals surface area contributed by atoms with Crippen molar-refractivity contribution in [1.29, 1.82) is 0 Å². The Morgan fingerprint density at radius 1 is 1.70 bits per heavy atom. The lowest BCUT2D eigenvalue weighted by molar-refractivity contribution is -0.141. The molecular formula is C6H11NO3. The Hall–Kier alpha value is -1.06. The summed E-state index contributed by atoms with van der Waals surface area (Å²) in [5.74, 6) is -0.363. The SMILES string of the molecule is CCOC(=O)C/C(C)=N\O. The van der Waals surface area contributed by atoms with Crippen LogP contribution in [0.4, 0.5) is 0 Å². The van der Waals surface area contributed by atoms with Gasteiger partial charge in [-0.3, -0.25) is 4.79 Å². The van der Waals surface area contributed by atoms with Gasteiger partial charge in [-0.2, -0.15) is 0 Å². The number of oxime groups is 1. The Morgan fingerprint density at radius 2 is 2.30 bits per heavy atom. The number of nitrogens with zero attached hydrogens (tertiary/aromatic N) is 1. The first kappa shape index (κ1) is 8.94. The van der Waals surface area contributed by atoms with Gasteiger partial charge >= 0.3 is 5.97 Å². The van der Waals surface area contributed by atoms with Crippen LogP contribution in [0.5, 0.6) is 0 Å². The van der Waals surface area contributed by atoms with Crippen LogP contribution in [0.2, 0.25) is 0 Å². The highest BCUT2D eigenvalue weighted by atomic mass is 16.5. The lowest BCUT2D eigenvalue weighted by Gasteiger charge is -1.98. The standard InChI is InChI=1S/C6H11NO3/c1-3-10-6(8)4-5(2)7-9/h9H,3-4H2,1-2H3/b7-5-. The van der Waals surface area contributed by atoms with E-state index in [1.165, 1.54) is 0 Å². The summed E-state index contributed by atoms with van der Waals surface area (Å²) in [7, 11) is 0. The zero-order valence-corrected chi connectivity index (χ0v) is 6.13. The lowest BCUT2D eigenvalue weighted by Crippen LogP contribution is -2.08. The minimum Gasteiger partial charge on any atom is -0.466 e. The zero-order chi connectivity index (χ0) is 7.98. The lowest BCUT2D eigenvalue weighted by atomic mass is 10.3. The maximum atomic E-state index is 10.6. The Balaban J connectivity index is 3.58. The molecule has 58 valence electrons. The molecule has 0 fully saturated rings. The van der Waals surface area contributed by atoms with Crippen LogP contribution in [0.1, 0.15) is 20.3 Å². The average Bonchev–Trinajstić information content (AvgIpc) is 1.88. The maximum absolute atomic E-state index is 10.6. The van der Waals surface area contributed by atoms with Crippen LogP contribution in [0.3, 0.4) is 0 Å². The summed E-state index contributed by atoms with van der Waals surface area (Å²) in [5.41, 5.74) is 0.360. The van der Waals surface area contributed by atoms with Crippen LogP contribution in [0.15, 0.2) is 5.16 Å². The zero-order valence-electron chi connectivity index (χ0n) is 6.13. The van der Waals surface area contributed by atoms with Crippen molar-refractivity contribution in [2.45, 2.75) is 20.3 Å². The number of rotatable bonds is 3. The van der Waals surface area contributed by atoms with E-state index in [9.17, 15) is 4.79 Å². The molecule has 10 heavy (non-hydrogen) atoms. The molecule has 0 amide bonds. The third-order valence-corrected chi connectivity index (χ3v) is 0.876. The second-order valence-corrected chi connectivity index (χ2v) is 1.82. The Labute approximate surface area is 59.5 Å². The van der Waals surface area contributed by atoms with E-state index in [2.05, 4.69) is 9.89 Å². The molecule has 0 unspecified atom stereocenters. The van der Waals surface area contributed by atoms with Gasteiger partial charge in [0.1, 0.15) is 0 Å². The molecule has 0 atom stereocenters. The molecule has 0 heterocycles. The van der Waals surface area contributed by atoms with Gasteiger partial charge in [0.2, 0.25) is 0 Å². The monoisotopic (exact) mass is 145 g/mol. The summed E-state index contributed by atoms with van der Waals surface area (Å²) in [6.07, 6.45) is 0.0599. The highest BCUT2D eigenvalue weighted by Crippen LogP contribution is 1.88. The van der Waals surface area contributed by atoms with Gasteiger partial charge in [-0.1, -0.05) is 5.16 Å². The van der Waals surface area contributed by atoms with E-state index < -0.39 is 0 Å². The molecule has 0 aliphatic rings. The van der Waals surface area contributed by atoms with E-state index in [0.29, 0.717) is 12.3 Å². The second kappa shape index (κ2) is 4.78. The topological polar surface area (TPSA) is 58.9 Å². The van der Waals surface area contributed by atoms with Gasteiger partial charge in [0.15, 0.2) is 0 Å². The molecule has 0 spiro atoms. The first-order valence-electron chi connectivity index (χ1n) is 3.03. The third kappa shape index (κ3) is 3.88. The Morgan fingerprint density at radius 3 is 2.70 bits per heavy atom. The molecule has 4 heteroatoms. The van der Waals surface area contributed by atoms with Crippen LogP contribution < -0.4 is 0 Å². The van der Waals surface area contributed by atoms with Crippen molar-refractivity contribution in [3.63, 3.8) is 0 Å². The molecular weight excluding hydrogens is 134 g/mol. The summed E-state index contributed by atoms with van der Waals surface area (Å²) in [6.45, 7) is 3.64. The van der Waals surface area contributed by atoms with Crippen molar-refractivity contribution in [2.24, 2.45) is 5.16 Å². The molecule has 0 saturated carbocycles. The molecule has 1 N–H and O–H groups in total. The highest BCUT2D eigenvalue weighted by Gasteiger charge is 2.02. The maximum Gasteiger partial charge on any atom is 0.311 e. The van der Waals surface area contributed by atoms with E-state index >= 15 is 0 Å². The number of ether oxygens (including phenoxy) is 1. The summed E-state index contributed by atoms with van der Waals surface area (Å²) in [4.78, 5) is 10.6. The second-order valence-electron chi connectivity index (χ2n) is 1.82. The smallest absolute Gasteiger partial charge is 0.311 e. The van der Waals surface area contributed by atoms with Crippen molar-refractivity contribution in [2.75, 3.05) is 6.61 Å². The van der Waals surface area contributed by atoms with E-state index in [1.807, 2.05) is 0 Å². The minimum absolute atomic E-state index is 0.0599. The number of carbonyl (C=O) groups is 1. The van der Waals surface area contributed by atoms with E-state index in [-0.39, 0.29) is 12.4 Å². The number of carbonyl (C=O) groups excluding carboxylic acids is 1. The van der Waals surface area contributed by atoms with Gasteiger partial charge in [-0.25, -0.2) is 0 Å². The fourth-order valence-corrected chi connectivity index (χ4v) is 0.456. The predicted octanol–water partition coefficient (Wildman–Crippen LogP) is 0.790. The van der Waals surface area contributed by atoms with Gasteiger partial charge in [0.05, 0.1) is 18.7 Å². The quantitative estimate of drug-likeness (QED) is 0.276. The summed E-state index contributed by atoms with van der Waals surface area (Å²) < 4.78 is 4.58. The minimum atomic E-state index is -0.363. The first-order valence-corrected chi connectivity index (χ1v) is 3.03. The van der Waals surface area contributed by atoms with Crippen LogP contribution >= 0.6 is 0 Å². The number of esters is 1. The van der Waals surface area contributed by atoms with Crippen molar-refractivity contribution < 1.29 is 14.7 Å². The Bertz CT molecular complexity index is 142. The van der Waals surface area contributed by atoms with Crippen molar-refractivity contribution in [3.05, 3.63) is 0 Å². The van der Waals surface area contributed by atoms with Crippen LogP contribution in [0, 0.1) is 0 Å². The molecule has 0 aromatic rings. The number of hydrogen-bond donors (Lipinski definition) is 1. The van der Waals surface area contributed by atoms with Gasteiger partial charge in [-0.05, 0) is 13.8 Å². The molecule has 0 bridgehead atoms. The van der Waals surface area contributed by atoms with Crippen molar-refractivity contribution in [3.8, 4) is 0 Å². The molecule has 0 aromatic carbocycles. The Kier molecular flexibility index (Phi) is 4.28. The molecule has 0 aliphatic heterocycles. The molecule has 4 nitrogen and oxygen atoms in total. The van der Waals surface area contributed by atoms with Crippen LogP contribution in [-0.2, 0) is 9.53 Å². The van der Waals surface area contributed by atoms with Crippen molar-refractivity contribution in [1.82, 2.24) is 0 Å². The third-order valence-electron chi connectivity index (χ3n) is 0.876. The number of hydrogen-bond acceptors (Lipinski definition) is 4. The molecule has 0 saturated heterocycles. The van der Waals surface area contributed by atoms with Gasteiger partial charge in [0, 0.05) is 0 Å². The van der Waals surface area contributed by atoms with Gasteiger partial charge in [0.25, 0.3) is 0 Å². The largest absolute Gasteiger partial charge is 0.466 e. The fraction of sp³-hybridized carbons (Fsp3) is 0.667. The average molecular weight is 145 g/mol. The summed E-state index contributed by atoms with van der Waals surface area (Å²) >= 11 is 0. The summed E-state index contributed by atoms with van der Waals surface area (Å²) in [5, 5.41) is 11.0. The van der Waals surface area contributed by atoms with E-state index in [4.69, 9.17) is 5.21 Å². The van der Waals surface area contributed by atoms with Gasteiger partial charge < -0.3 is 9.94 Å². The predicted molar refractivity (Wildman–Crippen MR) is 36.1 cm³/mol. The van der Waals surface area contributed by atoms with E-state index in [1.54, 1.807) is 13.8 Å². The normalized spacial score (nSPS) is 11.2. The first-order chi connectivity index (χ1) is 4.70. The fourth-order valence-electron chi connectivity index (χ4n) is 0.456.